The molecule has 0 aromatic carbocycles. The molecule has 1 amide bonds. The minimum absolute atomic E-state index is 0.0748. The van der Waals surface area contributed by atoms with E-state index in [4.69, 9.17) is 9.84 Å². The lowest BCUT2D eigenvalue weighted by Crippen LogP contribution is -2.35. The average Bonchev–Trinajstić information content (AvgIpc) is 2.36. The van der Waals surface area contributed by atoms with Crippen LogP contribution in [0.5, 0.6) is 0 Å². The van der Waals surface area contributed by atoms with Crippen LogP contribution in [0.2, 0.25) is 0 Å². The Morgan fingerprint density at radius 3 is 2.24 bits per heavy atom. The monoisotopic (exact) mass is 246 g/mol. The number of aliphatic hydroxyl groups excluding tert-OH is 1. The smallest absolute Gasteiger partial charge is 0.409 e. The molecular weight excluding hydrogens is 220 g/mol. The first kappa shape index (κ1) is 16.2. The molecule has 0 aromatic heterocycles. The number of carbonyl (C=O) groups excluding carboxylic acids is 1. The zero-order valence-corrected chi connectivity index (χ0v) is 11.3. The molecule has 102 valence electrons. The van der Waals surface area contributed by atoms with Gasteiger partial charge in [0, 0.05) is 13.1 Å². The second-order valence-corrected chi connectivity index (χ2v) is 3.80. The fourth-order valence-electron chi connectivity index (χ4n) is 1.63. The maximum absolute atomic E-state index is 11.5. The molecule has 5 heteroatoms. The van der Waals surface area contributed by atoms with Crippen molar-refractivity contribution in [2.24, 2.45) is 0 Å². The SMILES string of the molecule is CCN(CC)CCCN(CC)C(=O)OCCO. The van der Waals surface area contributed by atoms with Crippen LogP contribution in [0.15, 0.2) is 0 Å². The topological polar surface area (TPSA) is 53.0 Å². The summed E-state index contributed by atoms with van der Waals surface area (Å²) in [4.78, 5) is 15.5. The van der Waals surface area contributed by atoms with Gasteiger partial charge in [-0.15, -0.1) is 0 Å². The first-order valence-electron chi connectivity index (χ1n) is 6.44. The molecule has 0 aromatic rings. The van der Waals surface area contributed by atoms with E-state index in [1.807, 2.05) is 6.92 Å². The standard InChI is InChI=1S/C12H26N2O3/c1-4-13(5-2)8-7-9-14(6-3)12(16)17-11-10-15/h15H,4-11H2,1-3H3. The highest BCUT2D eigenvalue weighted by Gasteiger charge is 2.12. The van der Waals surface area contributed by atoms with E-state index < -0.39 is 0 Å². The highest BCUT2D eigenvalue weighted by Crippen LogP contribution is 1.98. The molecule has 17 heavy (non-hydrogen) atoms. The summed E-state index contributed by atoms with van der Waals surface area (Å²) in [5.74, 6) is 0. The van der Waals surface area contributed by atoms with Gasteiger partial charge in [-0.25, -0.2) is 4.79 Å². The molecule has 0 rings (SSSR count). The van der Waals surface area contributed by atoms with Crippen molar-refractivity contribution in [3.8, 4) is 0 Å². The summed E-state index contributed by atoms with van der Waals surface area (Å²) < 4.78 is 4.88. The number of aliphatic hydroxyl groups is 1. The van der Waals surface area contributed by atoms with E-state index in [0.717, 1.165) is 26.1 Å². The van der Waals surface area contributed by atoms with Gasteiger partial charge in [0.2, 0.25) is 0 Å². The third-order valence-corrected chi connectivity index (χ3v) is 2.75. The van der Waals surface area contributed by atoms with Gasteiger partial charge in [0.25, 0.3) is 0 Å². The van der Waals surface area contributed by atoms with Gasteiger partial charge in [0.15, 0.2) is 0 Å². The molecule has 0 saturated heterocycles. The zero-order chi connectivity index (χ0) is 13.1. The molecule has 1 N–H and O–H groups in total. The molecular formula is C12H26N2O3. The van der Waals surface area contributed by atoms with Crippen LogP contribution in [-0.2, 0) is 4.74 Å². The molecule has 5 nitrogen and oxygen atoms in total. The third kappa shape index (κ3) is 7.18. The van der Waals surface area contributed by atoms with Crippen LogP contribution < -0.4 is 0 Å². The van der Waals surface area contributed by atoms with E-state index in [9.17, 15) is 4.79 Å². The van der Waals surface area contributed by atoms with E-state index in [2.05, 4.69) is 18.7 Å². The van der Waals surface area contributed by atoms with Crippen LogP contribution in [0.25, 0.3) is 0 Å². The maximum Gasteiger partial charge on any atom is 0.409 e. The van der Waals surface area contributed by atoms with Crippen molar-refractivity contribution in [3.05, 3.63) is 0 Å². The van der Waals surface area contributed by atoms with Crippen LogP contribution in [0.1, 0.15) is 27.2 Å². The summed E-state index contributed by atoms with van der Waals surface area (Å²) in [5.41, 5.74) is 0. The summed E-state index contributed by atoms with van der Waals surface area (Å²) >= 11 is 0. The van der Waals surface area contributed by atoms with E-state index in [0.29, 0.717) is 13.1 Å². The lowest BCUT2D eigenvalue weighted by atomic mass is 10.3. The highest BCUT2D eigenvalue weighted by atomic mass is 16.6. The van der Waals surface area contributed by atoms with Gasteiger partial charge in [0.05, 0.1) is 6.61 Å². The number of hydrogen-bond acceptors (Lipinski definition) is 4. The predicted octanol–water partition coefficient (Wildman–Crippen LogP) is 1.17. The molecule has 0 fully saturated rings. The predicted molar refractivity (Wildman–Crippen MR) is 68.1 cm³/mol. The molecule has 0 unspecified atom stereocenters. The molecule has 0 aliphatic heterocycles. The van der Waals surface area contributed by atoms with Crippen LogP contribution in [-0.4, -0.2) is 66.9 Å². The molecule has 0 spiro atoms. The Hall–Kier alpha value is -0.810. The highest BCUT2D eigenvalue weighted by molar-refractivity contribution is 5.67. The van der Waals surface area contributed by atoms with Crippen molar-refractivity contribution in [1.82, 2.24) is 9.80 Å². The van der Waals surface area contributed by atoms with Crippen LogP contribution in [0.3, 0.4) is 0 Å². The lowest BCUT2D eigenvalue weighted by molar-refractivity contribution is 0.0844. The normalized spacial score (nSPS) is 10.6. The number of ether oxygens (including phenoxy) is 1. The first-order chi connectivity index (χ1) is 8.19. The van der Waals surface area contributed by atoms with Crippen LogP contribution >= 0.6 is 0 Å². The molecule has 0 bridgehead atoms. The molecule has 0 aliphatic rings. The third-order valence-electron chi connectivity index (χ3n) is 2.75. The van der Waals surface area contributed by atoms with Crippen molar-refractivity contribution in [2.45, 2.75) is 27.2 Å². The molecule has 0 saturated carbocycles. The van der Waals surface area contributed by atoms with Crippen molar-refractivity contribution in [2.75, 3.05) is 45.9 Å². The number of amides is 1. The quantitative estimate of drug-likeness (QED) is 0.663. The van der Waals surface area contributed by atoms with E-state index in [1.165, 1.54) is 0 Å². The minimum atomic E-state index is -0.332. The fourth-order valence-corrected chi connectivity index (χ4v) is 1.63. The van der Waals surface area contributed by atoms with Crippen LogP contribution in [0.4, 0.5) is 4.79 Å². The minimum Gasteiger partial charge on any atom is -0.447 e. The second-order valence-electron chi connectivity index (χ2n) is 3.80. The van der Waals surface area contributed by atoms with Gasteiger partial charge in [-0.05, 0) is 33.0 Å². The average molecular weight is 246 g/mol. The fraction of sp³-hybridized carbons (Fsp3) is 0.917. The van der Waals surface area contributed by atoms with E-state index in [-0.39, 0.29) is 19.3 Å². The van der Waals surface area contributed by atoms with Gasteiger partial charge in [-0.3, -0.25) is 0 Å². The number of nitrogens with zero attached hydrogens (tertiary/aromatic N) is 2. The Labute approximate surface area is 104 Å². The molecule has 0 aliphatic carbocycles. The first-order valence-corrected chi connectivity index (χ1v) is 6.44. The van der Waals surface area contributed by atoms with Gasteiger partial charge in [-0.1, -0.05) is 13.8 Å². The van der Waals surface area contributed by atoms with Crippen molar-refractivity contribution in [1.29, 1.82) is 0 Å². The van der Waals surface area contributed by atoms with Crippen molar-refractivity contribution in [3.63, 3.8) is 0 Å². The number of hydrogen-bond donors (Lipinski definition) is 1. The summed E-state index contributed by atoms with van der Waals surface area (Å²) in [5, 5.41) is 8.58. The Kier molecular flexibility index (Phi) is 9.86. The van der Waals surface area contributed by atoms with Crippen LogP contribution in [0, 0.1) is 0 Å². The lowest BCUT2D eigenvalue weighted by Gasteiger charge is -2.23. The molecule has 0 atom stereocenters. The second kappa shape index (κ2) is 10.4. The summed E-state index contributed by atoms with van der Waals surface area (Å²) in [6.07, 6.45) is 0.616. The summed E-state index contributed by atoms with van der Waals surface area (Å²) in [7, 11) is 0. The van der Waals surface area contributed by atoms with Gasteiger partial charge in [0.1, 0.15) is 6.61 Å². The van der Waals surface area contributed by atoms with Crippen molar-refractivity contribution >= 4 is 6.09 Å². The van der Waals surface area contributed by atoms with Gasteiger partial charge in [-0.2, -0.15) is 0 Å². The van der Waals surface area contributed by atoms with E-state index >= 15 is 0 Å². The van der Waals surface area contributed by atoms with Gasteiger partial charge >= 0.3 is 6.09 Å². The summed E-state index contributed by atoms with van der Waals surface area (Å²) in [6, 6.07) is 0. The Bertz CT molecular complexity index is 196. The zero-order valence-electron chi connectivity index (χ0n) is 11.3. The maximum atomic E-state index is 11.5. The molecule has 0 heterocycles. The van der Waals surface area contributed by atoms with Gasteiger partial charge < -0.3 is 19.6 Å². The number of rotatable bonds is 9. The largest absolute Gasteiger partial charge is 0.447 e. The van der Waals surface area contributed by atoms with E-state index in [1.54, 1.807) is 4.90 Å². The Morgan fingerprint density at radius 2 is 1.76 bits per heavy atom. The molecule has 0 radical (unpaired) electrons. The number of carbonyl (C=O) groups is 1. The van der Waals surface area contributed by atoms with Crippen molar-refractivity contribution < 1.29 is 14.6 Å². The Morgan fingerprint density at radius 1 is 1.12 bits per heavy atom. The summed E-state index contributed by atoms with van der Waals surface area (Å²) in [6.45, 7) is 10.6. The Balaban J connectivity index is 3.84.